The molecule has 2 saturated carbocycles. The Balaban J connectivity index is 1.90. The molecule has 0 bridgehead atoms. The van der Waals surface area contributed by atoms with E-state index in [1.165, 1.54) is 77.4 Å². The first kappa shape index (κ1) is 16.3. The second-order valence-electron chi connectivity index (χ2n) is 7.71. The van der Waals surface area contributed by atoms with E-state index in [1.807, 2.05) is 0 Å². The van der Waals surface area contributed by atoms with E-state index in [4.69, 9.17) is 0 Å². The van der Waals surface area contributed by atoms with Crippen LogP contribution in [0.2, 0.25) is 0 Å². The fraction of sp³-hybridized carbons (Fsp3) is 1.00. The van der Waals surface area contributed by atoms with Crippen molar-refractivity contribution in [2.24, 2.45) is 11.3 Å². The van der Waals surface area contributed by atoms with Gasteiger partial charge < -0.3 is 10.2 Å². The highest BCUT2D eigenvalue weighted by Gasteiger charge is 2.36. The molecule has 0 unspecified atom stereocenters. The number of nitrogens with zero attached hydrogens (tertiary/aromatic N) is 1. The summed E-state index contributed by atoms with van der Waals surface area (Å²) in [6, 6.07) is 0.873. The Hall–Kier alpha value is -0.0800. The van der Waals surface area contributed by atoms with Gasteiger partial charge in [0.05, 0.1) is 0 Å². The summed E-state index contributed by atoms with van der Waals surface area (Å²) in [5, 5.41) is 3.73. The molecule has 2 nitrogen and oxygen atoms in total. The van der Waals surface area contributed by atoms with Crippen LogP contribution in [0, 0.1) is 11.3 Å². The van der Waals surface area contributed by atoms with Crippen molar-refractivity contribution in [1.82, 2.24) is 10.2 Å². The third kappa shape index (κ3) is 4.46. The molecule has 2 aliphatic rings. The van der Waals surface area contributed by atoms with Gasteiger partial charge in [-0.05, 0) is 57.0 Å². The number of hydrogen-bond donors (Lipinski definition) is 1. The average Bonchev–Trinajstić information content (AvgIpc) is 2.97. The molecule has 0 heterocycles. The lowest BCUT2D eigenvalue weighted by Gasteiger charge is -2.43. The fourth-order valence-corrected chi connectivity index (χ4v) is 4.30. The molecule has 0 amide bonds. The third-order valence-electron chi connectivity index (χ3n) is 5.79. The molecular formula is C18H36N2. The molecule has 0 aromatic rings. The highest BCUT2D eigenvalue weighted by Crippen LogP contribution is 2.40. The fourth-order valence-electron chi connectivity index (χ4n) is 4.30. The van der Waals surface area contributed by atoms with Gasteiger partial charge in [0.2, 0.25) is 0 Å². The normalized spacial score (nSPS) is 32.1. The predicted molar refractivity (Wildman–Crippen MR) is 88.1 cm³/mol. The highest BCUT2D eigenvalue weighted by molar-refractivity contribution is 4.90. The van der Waals surface area contributed by atoms with Gasteiger partial charge in [-0.2, -0.15) is 0 Å². The Bertz CT molecular complexity index is 263. The molecule has 0 spiro atoms. The molecule has 2 aliphatic carbocycles. The maximum Gasteiger partial charge on any atom is 0.00924 e. The minimum Gasteiger partial charge on any atom is -0.316 e. The van der Waals surface area contributed by atoms with Gasteiger partial charge >= 0.3 is 0 Å². The van der Waals surface area contributed by atoms with Gasteiger partial charge in [0, 0.05) is 19.1 Å². The van der Waals surface area contributed by atoms with Gasteiger partial charge in [0.15, 0.2) is 0 Å². The standard InChI is InChI=1S/C18H36N2/c1-4-13-19-14-18(11-9-16(2)10-12-18)15-20(3)17-7-5-6-8-17/h16-17,19H,4-15H2,1-3H3. The number of rotatable bonds is 7. The lowest BCUT2D eigenvalue weighted by Crippen LogP contribution is -2.47. The Labute approximate surface area is 126 Å². The van der Waals surface area contributed by atoms with Gasteiger partial charge in [-0.1, -0.05) is 39.5 Å². The van der Waals surface area contributed by atoms with Gasteiger partial charge in [-0.25, -0.2) is 0 Å². The first-order valence-corrected chi connectivity index (χ1v) is 9.06. The molecular weight excluding hydrogens is 244 g/mol. The van der Waals surface area contributed by atoms with Crippen LogP contribution in [0.25, 0.3) is 0 Å². The smallest absolute Gasteiger partial charge is 0.00924 e. The molecule has 2 fully saturated rings. The summed E-state index contributed by atoms with van der Waals surface area (Å²) in [6.07, 6.45) is 12.8. The molecule has 0 aromatic heterocycles. The Morgan fingerprint density at radius 1 is 1.10 bits per heavy atom. The van der Waals surface area contributed by atoms with Crippen LogP contribution >= 0.6 is 0 Å². The molecule has 0 aromatic carbocycles. The van der Waals surface area contributed by atoms with Crippen LogP contribution in [-0.2, 0) is 0 Å². The zero-order chi connectivity index (χ0) is 14.4. The van der Waals surface area contributed by atoms with Crippen molar-refractivity contribution >= 4 is 0 Å². The van der Waals surface area contributed by atoms with Gasteiger partial charge in [0.1, 0.15) is 0 Å². The Morgan fingerprint density at radius 2 is 1.75 bits per heavy atom. The van der Waals surface area contributed by atoms with Crippen LogP contribution in [0.1, 0.15) is 71.6 Å². The molecule has 0 aliphatic heterocycles. The molecule has 2 heteroatoms. The summed E-state index contributed by atoms with van der Waals surface area (Å²) in [7, 11) is 2.38. The van der Waals surface area contributed by atoms with E-state index >= 15 is 0 Å². The van der Waals surface area contributed by atoms with E-state index in [2.05, 4.69) is 31.1 Å². The summed E-state index contributed by atoms with van der Waals surface area (Å²) >= 11 is 0. The maximum absolute atomic E-state index is 3.73. The summed E-state index contributed by atoms with van der Waals surface area (Å²) in [5.74, 6) is 0.950. The second kappa shape index (κ2) is 7.79. The summed E-state index contributed by atoms with van der Waals surface area (Å²) in [4.78, 5) is 2.70. The van der Waals surface area contributed by atoms with Crippen LogP contribution in [0.15, 0.2) is 0 Å². The van der Waals surface area contributed by atoms with Gasteiger partial charge in [-0.3, -0.25) is 0 Å². The van der Waals surface area contributed by atoms with Crippen molar-refractivity contribution in [3.05, 3.63) is 0 Å². The lowest BCUT2D eigenvalue weighted by atomic mass is 9.70. The van der Waals surface area contributed by atoms with Crippen molar-refractivity contribution in [1.29, 1.82) is 0 Å². The lowest BCUT2D eigenvalue weighted by molar-refractivity contribution is 0.0796. The third-order valence-corrected chi connectivity index (χ3v) is 5.79. The Morgan fingerprint density at radius 3 is 2.35 bits per heavy atom. The molecule has 0 radical (unpaired) electrons. The van der Waals surface area contributed by atoms with Crippen molar-refractivity contribution in [2.45, 2.75) is 77.7 Å². The number of nitrogens with one attached hydrogen (secondary N) is 1. The summed E-state index contributed by atoms with van der Waals surface area (Å²) < 4.78 is 0. The zero-order valence-corrected chi connectivity index (χ0v) is 14.1. The minimum absolute atomic E-state index is 0.555. The van der Waals surface area contributed by atoms with Crippen molar-refractivity contribution in [2.75, 3.05) is 26.7 Å². The Kier molecular flexibility index (Phi) is 6.35. The molecule has 0 atom stereocenters. The maximum atomic E-state index is 3.73. The van der Waals surface area contributed by atoms with Crippen LogP contribution in [0.5, 0.6) is 0 Å². The second-order valence-corrected chi connectivity index (χ2v) is 7.71. The SMILES string of the molecule is CCCNCC1(CN(C)C2CCCC2)CCC(C)CC1. The van der Waals surface area contributed by atoms with Crippen molar-refractivity contribution < 1.29 is 0 Å². The van der Waals surface area contributed by atoms with E-state index in [0.717, 1.165) is 12.0 Å². The highest BCUT2D eigenvalue weighted by atomic mass is 15.1. The largest absolute Gasteiger partial charge is 0.316 e. The molecule has 0 saturated heterocycles. The first-order chi connectivity index (χ1) is 9.65. The van der Waals surface area contributed by atoms with Crippen LogP contribution in [0.4, 0.5) is 0 Å². The predicted octanol–water partition coefficient (Wildman–Crippen LogP) is 4.06. The minimum atomic E-state index is 0.555. The van der Waals surface area contributed by atoms with Crippen molar-refractivity contribution in [3.8, 4) is 0 Å². The number of hydrogen-bond acceptors (Lipinski definition) is 2. The van der Waals surface area contributed by atoms with E-state index in [1.54, 1.807) is 0 Å². The molecule has 2 rings (SSSR count). The quantitative estimate of drug-likeness (QED) is 0.708. The summed E-state index contributed by atoms with van der Waals surface area (Å²) in [5.41, 5.74) is 0.555. The zero-order valence-electron chi connectivity index (χ0n) is 14.1. The first-order valence-electron chi connectivity index (χ1n) is 9.06. The van der Waals surface area contributed by atoms with E-state index < -0.39 is 0 Å². The topological polar surface area (TPSA) is 15.3 Å². The van der Waals surface area contributed by atoms with E-state index in [9.17, 15) is 0 Å². The van der Waals surface area contributed by atoms with Crippen LogP contribution in [0.3, 0.4) is 0 Å². The van der Waals surface area contributed by atoms with Crippen molar-refractivity contribution in [3.63, 3.8) is 0 Å². The van der Waals surface area contributed by atoms with Crippen LogP contribution in [-0.4, -0.2) is 37.6 Å². The van der Waals surface area contributed by atoms with Gasteiger partial charge in [0.25, 0.3) is 0 Å². The molecule has 118 valence electrons. The average molecular weight is 280 g/mol. The van der Waals surface area contributed by atoms with Crippen LogP contribution < -0.4 is 5.32 Å². The molecule has 1 N–H and O–H groups in total. The monoisotopic (exact) mass is 280 g/mol. The molecule has 20 heavy (non-hydrogen) atoms. The van der Waals surface area contributed by atoms with E-state index in [-0.39, 0.29) is 0 Å². The summed E-state index contributed by atoms with van der Waals surface area (Å²) in [6.45, 7) is 8.45. The van der Waals surface area contributed by atoms with E-state index in [0.29, 0.717) is 5.41 Å². The van der Waals surface area contributed by atoms with Gasteiger partial charge in [-0.15, -0.1) is 0 Å².